The van der Waals surface area contributed by atoms with Crippen LogP contribution in [0.2, 0.25) is 0 Å². The van der Waals surface area contributed by atoms with Crippen molar-refractivity contribution in [3.05, 3.63) is 35.4 Å². The molecule has 1 aliphatic heterocycles. The number of hydrogen-bond acceptors (Lipinski definition) is 3. The van der Waals surface area contributed by atoms with Gasteiger partial charge in [0.05, 0.1) is 12.1 Å². The number of aliphatic hydroxyl groups excluding tert-OH is 1. The minimum Gasteiger partial charge on any atom is -0.396 e. The Labute approximate surface area is 125 Å². The topological polar surface area (TPSA) is 66.6 Å². The van der Waals surface area contributed by atoms with E-state index in [1.807, 2.05) is 29.2 Å². The van der Waals surface area contributed by atoms with E-state index < -0.39 is 0 Å². The van der Waals surface area contributed by atoms with Gasteiger partial charge in [0.15, 0.2) is 0 Å². The molecular weight excluding hydrogens is 264 g/mol. The first-order valence-corrected chi connectivity index (χ1v) is 7.47. The summed E-state index contributed by atoms with van der Waals surface area (Å²) in [5, 5.41) is 8.98. The molecule has 1 saturated heterocycles. The number of carbonyl (C=O) groups excluding carboxylic acids is 1. The zero-order valence-electron chi connectivity index (χ0n) is 12.2. The summed E-state index contributed by atoms with van der Waals surface area (Å²) in [4.78, 5) is 14.7. The van der Waals surface area contributed by atoms with Gasteiger partial charge in [-0.25, -0.2) is 0 Å². The summed E-state index contributed by atoms with van der Waals surface area (Å²) in [6.45, 7) is 1.25. The smallest absolute Gasteiger partial charge is 0.255 e. The van der Waals surface area contributed by atoms with Crippen LogP contribution in [-0.2, 0) is 0 Å². The summed E-state index contributed by atoms with van der Waals surface area (Å²) in [6, 6.07) is 7.66. The van der Waals surface area contributed by atoms with Crippen LogP contribution in [0.4, 0.5) is 0 Å². The highest BCUT2D eigenvalue weighted by Gasteiger charge is 2.29. The fourth-order valence-electron chi connectivity index (χ4n) is 2.81. The van der Waals surface area contributed by atoms with E-state index in [1.165, 1.54) is 0 Å². The van der Waals surface area contributed by atoms with E-state index >= 15 is 0 Å². The molecule has 1 unspecified atom stereocenters. The monoisotopic (exact) mass is 286 g/mol. The second-order valence-electron chi connectivity index (χ2n) is 5.21. The van der Waals surface area contributed by atoms with Crippen LogP contribution in [0.1, 0.15) is 41.6 Å². The number of benzene rings is 1. The molecule has 0 aliphatic carbocycles. The van der Waals surface area contributed by atoms with Crippen LogP contribution in [0.5, 0.6) is 0 Å². The molecule has 21 heavy (non-hydrogen) atoms. The second-order valence-corrected chi connectivity index (χ2v) is 5.21. The van der Waals surface area contributed by atoms with Gasteiger partial charge in [-0.3, -0.25) is 4.79 Å². The standard InChI is InChI=1S/C17H22N2O2/c18-11-3-7-14-6-1-2-10-16(14)17(21)19-12-4-8-15(19)9-5-13-20/h1-2,6,10,15,20H,4-5,8-9,11-13,18H2. The average Bonchev–Trinajstić information content (AvgIpc) is 2.99. The Morgan fingerprint density at radius 2 is 2.24 bits per heavy atom. The minimum absolute atomic E-state index is 0.0392. The highest BCUT2D eigenvalue weighted by atomic mass is 16.3. The van der Waals surface area contributed by atoms with Crippen molar-refractivity contribution in [1.29, 1.82) is 0 Å². The Morgan fingerprint density at radius 3 is 3.00 bits per heavy atom. The number of nitrogens with two attached hydrogens (primary N) is 1. The van der Waals surface area contributed by atoms with Crippen LogP contribution >= 0.6 is 0 Å². The minimum atomic E-state index is 0.0392. The number of likely N-dealkylation sites (tertiary alicyclic amines) is 1. The van der Waals surface area contributed by atoms with Crippen LogP contribution < -0.4 is 5.73 Å². The molecule has 4 nitrogen and oxygen atoms in total. The third-order valence-corrected chi connectivity index (χ3v) is 3.82. The number of amides is 1. The number of nitrogens with zero attached hydrogens (tertiary/aromatic N) is 1. The summed E-state index contributed by atoms with van der Waals surface area (Å²) in [7, 11) is 0. The first kappa shape index (κ1) is 15.6. The third-order valence-electron chi connectivity index (χ3n) is 3.82. The van der Waals surface area contributed by atoms with Gasteiger partial charge in [-0.05, 0) is 37.8 Å². The zero-order valence-corrected chi connectivity index (χ0v) is 12.2. The maximum absolute atomic E-state index is 12.8. The molecule has 1 atom stereocenters. The van der Waals surface area contributed by atoms with E-state index in [0.29, 0.717) is 5.56 Å². The lowest BCUT2D eigenvalue weighted by Gasteiger charge is -2.25. The van der Waals surface area contributed by atoms with E-state index in [4.69, 9.17) is 10.8 Å². The molecule has 3 N–H and O–H groups in total. The van der Waals surface area contributed by atoms with Crippen molar-refractivity contribution in [1.82, 2.24) is 4.90 Å². The molecular formula is C17H22N2O2. The van der Waals surface area contributed by atoms with Gasteiger partial charge in [-0.2, -0.15) is 0 Å². The number of aliphatic hydroxyl groups is 1. The van der Waals surface area contributed by atoms with Crippen molar-refractivity contribution in [2.75, 3.05) is 19.7 Å². The Balaban J connectivity index is 2.19. The van der Waals surface area contributed by atoms with Crippen LogP contribution in [0, 0.1) is 11.8 Å². The highest BCUT2D eigenvalue weighted by Crippen LogP contribution is 2.24. The molecule has 4 heteroatoms. The highest BCUT2D eigenvalue weighted by molar-refractivity contribution is 5.97. The maximum atomic E-state index is 12.8. The summed E-state index contributed by atoms with van der Waals surface area (Å²) in [6.07, 6.45) is 3.64. The summed E-state index contributed by atoms with van der Waals surface area (Å²) >= 11 is 0. The molecule has 1 fully saturated rings. The van der Waals surface area contributed by atoms with Crippen molar-refractivity contribution < 1.29 is 9.90 Å². The quantitative estimate of drug-likeness (QED) is 0.822. The lowest BCUT2D eigenvalue weighted by Crippen LogP contribution is -2.36. The fourth-order valence-corrected chi connectivity index (χ4v) is 2.81. The molecule has 1 heterocycles. The number of hydrogen-bond donors (Lipinski definition) is 2. The van der Waals surface area contributed by atoms with Crippen LogP contribution in [-0.4, -0.2) is 41.7 Å². The SMILES string of the molecule is NCC#Cc1ccccc1C(=O)N1CCCC1CCCO. The molecule has 0 aromatic heterocycles. The average molecular weight is 286 g/mol. The lowest BCUT2D eigenvalue weighted by molar-refractivity contribution is 0.0724. The Hall–Kier alpha value is -1.83. The molecule has 2 rings (SSSR count). The van der Waals surface area contributed by atoms with Gasteiger partial charge >= 0.3 is 0 Å². The van der Waals surface area contributed by atoms with Crippen LogP contribution in [0.25, 0.3) is 0 Å². The molecule has 112 valence electrons. The normalized spacial score (nSPS) is 17.4. The van der Waals surface area contributed by atoms with Gasteiger partial charge in [-0.1, -0.05) is 24.0 Å². The van der Waals surface area contributed by atoms with Crippen LogP contribution in [0.3, 0.4) is 0 Å². The summed E-state index contributed by atoms with van der Waals surface area (Å²) in [5.74, 6) is 5.82. The maximum Gasteiger partial charge on any atom is 0.255 e. The number of carbonyl (C=O) groups is 1. The Bertz CT molecular complexity index is 545. The molecule has 0 bridgehead atoms. The summed E-state index contributed by atoms with van der Waals surface area (Å²) < 4.78 is 0. The molecule has 1 aromatic rings. The Morgan fingerprint density at radius 1 is 1.43 bits per heavy atom. The van der Waals surface area contributed by atoms with Crippen LogP contribution in [0.15, 0.2) is 24.3 Å². The van der Waals surface area contributed by atoms with Gasteiger partial charge in [-0.15, -0.1) is 0 Å². The molecule has 0 spiro atoms. The molecule has 1 amide bonds. The van der Waals surface area contributed by atoms with E-state index in [1.54, 1.807) is 0 Å². The number of rotatable bonds is 4. The zero-order chi connectivity index (χ0) is 15.1. The van der Waals surface area contributed by atoms with E-state index in [-0.39, 0.29) is 25.1 Å². The predicted molar refractivity (Wildman–Crippen MR) is 82.8 cm³/mol. The Kier molecular flexibility index (Phi) is 5.79. The van der Waals surface area contributed by atoms with Gasteiger partial charge in [0.25, 0.3) is 5.91 Å². The third kappa shape index (κ3) is 3.84. The predicted octanol–water partition coefficient (Wildman–Crippen LogP) is 1.37. The molecule has 1 aliphatic rings. The van der Waals surface area contributed by atoms with Crippen molar-refractivity contribution in [2.45, 2.75) is 31.7 Å². The molecule has 0 radical (unpaired) electrons. The van der Waals surface area contributed by atoms with Gasteiger partial charge < -0.3 is 15.7 Å². The fraction of sp³-hybridized carbons (Fsp3) is 0.471. The van der Waals surface area contributed by atoms with Crippen molar-refractivity contribution in [3.8, 4) is 11.8 Å². The lowest BCUT2D eigenvalue weighted by atomic mass is 10.0. The van der Waals surface area contributed by atoms with Crippen molar-refractivity contribution >= 4 is 5.91 Å². The first-order valence-electron chi connectivity index (χ1n) is 7.47. The summed E-state index contributed by atoms with van der Waals surface area (Å²) in [5.41, 5.74) is 6.79. The first-order chi connectivity index (χ1) is 10.3. The van der Waals surface area contributed by atoms with Gasteiger partial charge in [0.2, 0.25) is 0 Å². The second kappa shape index (κ2) is 7.82. The van der Waals surface area contributed by atoms with E-state index in [0.717, 1.165) is 37.8 Å². The van der Waals surface area contributed by atoms with E-state index in [2.05, 4.69) is 11.8 Å². The molecule has 1 aromatic carbocycles. The molecule has 0 saturated carbocycles. The van der Waals surface area contributed by atoms with E-state index in [9.17, 15) is 4.79 Å². The van der Waals surface area contributed by atoms with Gasteiger partial charge in [0, 0.05) is 24.8 Å². The largest absolute Gasteiger partial charge is 0.396 e. The van der Waals surface area contributed by atoms with Crippen molar-refractivity contribution in [3.63, 3.8) is 0 Å². The van der Waals surface area contributed by atoms with Gasteiger partial charge in [0.1, 0.15) is 0 Å². The van der Waals surface area contributed by atoms with Crippen molar-refractivity contribution in [2.24, 2.45) is 5.73 Å².